The van der Waals surface area contributed by atoms with Gasteiger partial charge in [0.25, 0.3) is 0 Å². The molecule has 0 saturated heterocycles. The first-order chi connectivity index (χ1) is 20.2. The van der Waals surface area contributed by atoms with Crippen LogP contribution in [0.3, 0.4) is 0 Å². The number of ketones is 1. The predicted octanol–water partition coefficient (Wildman–Crippen LogP) is 6.59. The molecule has 0 fully saturated rings. The van der Waals surface area contributed by atoms with E-state index in [1.54, 1.807) is 66.5 Å². The average molecular weight is 620 g/mol. The van der Waals surface area contributed by atoms with Crippen molar-refractivity contribution < 1.29 is 37.0 Å². The summed E-state index contributed by atoms with van der Waals surface area (Å²) in [7, 11) is 0. The lowest BCUT2D eigenvalue weighted by Crippen LogP contribution is -2.19. The van der Waals surface area contributed by atoms with Crippen molar-refractivity contribution in [3.8, 4) is 0 Å². The molecule has 4 aromatic rings. The first-order valence-electron chi connectivity index (χ1n) is 12.9. The lowest BCUT2D eigenvalue weighted by atomic mass is 10.1. The third-order valence-electron chi connectivity index (χ3n) is 5.85. The molecule has 0 saturated carbocycles. The zero-order valence-corrected chi connectivity index (χ0v) is 24.3. The van der Waals surface area contributed by atoms with Crippen LogP contribution in [0.5, 0.6) is 0 Å². The maximum absolute atomic E-state index is 13.1. The maximum Gasteiger partial charge on any atom is 0.421 e. The minimum atomic E-state index is -4.34. The summed E-state index contributed by atoms with van der Waals surface area (Å²) in [5, 5.41) is 0.411. The quantitative estimate of drug-likeness (QED) is 0.0881. The Kier molecular flexibility index (Phi) is 11.4. The summed E-state index contributed by atoms with van der Waals surface area (Å²) in [6.45, 7) is 0.574. The largest absolute Gasteiger partial charge is 0.440 e. The van der Waals surface area contributed by atoms with Crippen LogP contribution in [0.4, 0.5) is 18.0 Å². The Morgan fingerprint density at radius 2 is 1.67 bits per heavy atom. The summed E-state index contributed by atoms with van der Waals surface area (Å²) >= 11 is 2.87. The zero-order valence-electron chi connectivity index (χ0n) is 22.6. The lowest BCUT2D eigenvalue weighted by Gasteiger charge is -2.11. The number of benzene rings is 2. The molecular weight excluding hydrogens is 591 g/mol. The molecule has 0 aliphatic rings. The number of halogens is 3. The Balaban J connectivity index is 1.34. The van der Waals surface area contributed by atoms with Crippen LogP contribution < -0.4 is 0 Å². The number of nitrogens with zero attached hydrogens (tertiary/aromatic N) is 3. The molecule has 42 heavy (non-hydrogen) atoms. The van der Waals surface area contributed by atoms with Crippen molar-refractivity contribution in [2.45, 2.75) is 28.9 Å². The molecule has 0 radical (unpaired) electrons. The SMILES string of the molecule is Cc1c(SCCOCCOCC(F)(F)F)ccnc1CSc1nc2ccccc2n1C(=O)OCC(=O)c1ccccc1. The first-order valence-corrected chi connectivity index (χ1v) is 14.9. The summed E-state index contributed by atoms with van der Waals surface area (Å²) < 4.78 is 52.9. The number of ether oxygens (including phenoxy) is 3. The van der Waals surface area contributed by atoms with E-state index in [-0.39, 0.29) is 19.0 Å². The fourth-order valence-corrected chi connectivity index (χ4v) is 5.72. The van der Waals surface area contributed by atoms with E-state index in [2.05, 4.69) is 14.7 Å². The monoisotopic (exact) mass is 619 g/mol. The molecule has 222 valence electrons. The van der Waals surface area contributed by atoms with Gasteiger partial charge in [-0.05, 0) is 30.7 Å². The van der Waals surface area contributed by atoms with Gasteiger partial charge in [-0.3, -0.25) is 9.78 Å². The number of imidazole rings is 1. The highest BCUT2D eigenvalue weighted by Crippen LogP contribution is 2.30. The molecule has 0 aliphatic carbocycles. The highest BCUT2D eigenvalue weighted by Gasteiger charge is 2.27. The van der Waals surface area contributed by atoms with Gasteiger partial charge in [0.15, 0.2) is 17.5 Å². The molecule has 0 aliphatic heterocycles. The number of hydrogen-bond donors (Lipinski definition) is 0. The Labute approximate surface area is 249 Å². The Morgan fingerprint density at radius 3 is 2.45 bits per heavy atom. The van der Waals surface area contributed by atoms with Gasteiger partial charge in [0.05, 0.1) is 36.5 Å². The van der Waals surface area contributed by atoms with Gasteiger partial charge in [-0.15, -0.1) is 11.8 Å². The molecule has 0 atom stereocenters. The number of hydrogen-bond acceptors (Lipinski definition) is 9. The topological polar surface area (TPSA) is 92.5 Å². The van der Waals surface area contributed by atoms with E-state index in [4.69, 9.17) is 9.47 Å². The second kappa shape index (κ2) is 15.2. The second-order valence-corrected chi connectivity index (χ2v) is 10.9. The fourth-order valence-electron chi connectivity index (χ4n) is 3.79. The van der Waals surface area contributed by atoms with Crippen molar-refractivity contribution in [1.29, 1.82) is 0 Å². The summed E-state index contributed by atoms with van der Waals surface area (Å²) in [4.78, 5) is 35.7. The number of carbonyl (C=O) groups excluding carboxylic acids is 2. The van der Waals surface area contributed by atoms with Crippen LogP contribution >= 0.6 is 23.5 Å². The molecule has 13 heteroatoms. The van der Waals surface area contributed by atoms with Crippen LogP contribution in [0.1, 0.15) is 21.6 Å². The van der Waals surface area contributed by atoms with Crippen molar-refractivity contribution in [1.82, 2.24) is 14.5 Å². The third kappa shape index (κ3) is 9.05. The van der Waals surface area contributed by atoms with Gasteiger partial charge in [-0.2, -0.15) is 13.2 Å². The van der Waals surface area contributed by atoms with E-state index >= 15 is 0 Å². The molecule has 2 aromatic carbocycles. The highest BCUT2D eigenvalue weighted by molar-refractivity contribution is 7.99. The van der Waals surface area contributed by atoms with Crippen molar-refractivity contribution in [3.63, 3.8) is 0 Å². The van der Waals surface area contributed by atoms with E-state index in [0.29, 0.717) is 39.9 Å². The van der Waals surface area contributed by atoms with Gasteiger partial charge in [0, 0.05) is 28.2 Å². The fraction of sp³-hybridized carbons (Fsp3) is 0.310. The Morgan fingerprint density at radius 1 is 0.929 bits per heavy atom. The van der Waals surface area contributed by atoms with Crippen LogP contribution in [-0.4, -0.2) is 71.4 Å². The summed E-state index contributed by atoms with van der Waals surface area (Å²) in [6.07, 6.45) is -3.35. The van der Waals surface area contributed by atoms with Gasteiger partial charge in [0.1, 0.15) is 6.61 Å². The standard InChI is InChI=1S/C29H28F3N3O5S2/c1-20-23(33-12-11-26(20)41-16-15-38-13-14-39-19-29(30,31)32)18-42-27-34-22-9-5-6-10-24(22)35(27)28(37)40-17-25(36)21-7-3-2-4-8-21/h2-12H,13-19H2,1H3. The smallest absolute Gasteiger partial charge is 0.421 e. The third-order valence-corrected chi connectivity index (χ3v) is 7.93. The lowest BCUT2D eigenvalue weighted by molar-refractivity contribution is -0.176. The summed E-state index contributed by atoms with van der Waals surface area (Å²) in [5.74, 6) is 0.712. The minimum Gasteiger partial charge on any atom is -0.440 e. The molecule has 8 nitrogen and oxygen atoms in total. The van der Waals surface area contributed by atoms with Crippen molar-refractivity contribution in [2.24, 2.45) is 0 Å². The predicted molar refractivity (Wildman–Crippen MR) is 154 cm³/mol. The van der Waals surface area contributed by atoms with Crippen molar-refractivity contribution in [3.05, 3.63) is 83.7 Å². The molecule has 0 bridgehead atoms. The van der Waals surface area contributed by atoms with Crippen LogP contribution in [0.2, 0.25) is 0 Å². The Bertz CT molecular complexity index is 1500. The molecule has 2 heterocycles. The van der Waals surface area contributed by atoms with Crippen LogP contribution in [-0.2, 0) is 20.0 Å². The summed E-state index contributed by atoms with van der Waals surface area (Å²) in [5.41, 5.74) is 3.40. The number of carbonyl (C=O) groups is 2. The van der Waals surface area contributed by atoms with E-state index in [1.807, 2.05) is 19.1 Å². The number of fused-ring (bicyclic) bond motifs is 1. The van der Waals surface area contributed by atoms with E-state index in [9.17, 15) is 22.8 Å². The molecule has 2 aromatic heterocycles. The molecule has 0 spiro atoms. The number of alkyl halides is 3. The van der Waals surface area contributed by atoms with Crippen LogP contribution in [0.15, 0.2) is 76.9 Å². The first kappa shape index (κ1) is 31.5. The van der Waals surface area contributed by atoms with E-state index < -0.39 is 25.5 Å². The molecule has 4 rings (SSSR count). The molecule has 0 amide bonds. The zero-order chi connectivity index (χ0) is 30.0. The molecule has 0 N–H and O–H groups in total. The van der Waals surface area contributed by atoms with E-state index in [0.717, 1.165) is 16.2 Å². The number of pyridine rings is 1. The number of thioether (sulfide) groups is 2. The molecular formula is C29H28F3N3O5S2. The summed E-state index contributed by atoms with van der Waals surface area (Å²) in [6, 6.07) is 17.7. The maximum atomic E-state index is 13.1. The van der Waals surface area contributed by atoms with Crippen LogP contribution in [0.25, 0.3) is 11.0 Å². The number of Topliss-reactive ketones (excluding diaryl/α,β-unsaturated/α-hetero) is 1. The number of para-hydroxylation sites is 2. The number of aromatic nitrogens is 3. The molecule has 0 unspecified atom stereocenters. The normalized spacial score (nSPS) is 11.6. The van der Waals surface area contributed by atoms with Gasteiger partial charge in [-0.25, -0.2) is 14.3 Å². The number of rotatable bonds is 14. The van der Waals surface area contributed by atoms with Gasteiger partial charge >= 0.3 is 12.3 Å². The van der Waals surface area contributed by atoms with Gasteiger partial charge in [-0.1, -0.05) is 54.2 Å². The van der Waals surface area contributed by atoms with Crippen molar-refractivity contribution in [2.75, 3.05) is 38.8 Å². The van der Waals surface area contributed by atoms with Gasteiger partial charge in [0.2, 0.25) is 0 Å². The average Bonchev–Trinajstić information content (AvgIpc) is 3.35. The Hall–Kier alpha value is -3.39. The van der Waals surface area contributed by atoms with Gasteiger partial charge < -0.3 is 14.2 Å². The van der Waals surface area contributed by atoms with Crippen molar-refractivity contribution >= 4 is 46.4 Å². The van der Waals surface area contributed by atoms with E-state index in [1.165, 1.54) is 16.3 Å². The van der Waals surface area contributed by atoms with Crippen LogP contribution in [0, 0.1) is 6.92 Å². The highest BCUT2D eigenvalue weighted by atomic mass is 32.2. The minimum absolute atomic E-state index is 0.0811. The second-order valence-electron chi connectivity index (χ2n) is 8.86.